The number of nitrogens with one attached hydrogen (secondary N) is 1. The zero-order valence-electron chi connectivity index (χ0n) is 23.3. The van der Waals surface area contributed by atoms with E-state index < -0.39 is 19.1 Å². The van der Waals surface area contributed by atoms with E-state index in [0.29, 0.717) is 32.4 Å². The lowest BCUT2D eigenvalue weighted by Gasteiger charge is -2.09. The highest BCUT2D eigenvalue weighted by atomic mass is 35.7. The molecule has 6 aromatic rings. The number of nitrogens with two attached hydrogens (primary N) is 1. The van der Waals surface area contributed by atoms with E-state index in [0.717, 1.165) is 5.39 Å². The van der Waals surface area contributed by atoms with Gasteiger partial charge in [0, 0.05) is 32.9 Å². The number of nitrogens with zero attached hydrogens (tertiary/aromatic N) is 2. The summed E-state index contributed by atoms with van der Waals surface area (Å²) < 4.78 is 69.0. The van der Waals surface area contributed by atoms with E-state index in [2.05, 4.69) is 15.0 Å². The fourth-order valence-electron chi connectivity index (χ4n) is 3.76. The van der Waals surface area contributed by atoms with E-state index >= 15 is 0 Å². The predicted octanol–water partition coefficient (Wildman–Crippen LogP) is 7.61. The van der Waals surface area contributed by atoms with Crippen LogP contribution in [0.25, 0.3) is 21.9 Å². The van der Waals surface area contributed by atoms with Crippen LogP contribution in [0.3, 0.4) is 0 Å². The lowest BCUT2D eigenvalue weighted by molar-refractivity contribution is 0.403. The molecule has 0 bridgehead atoms. The fourth-order valence-corrected chi connectivity index (χ4v) is 6.28. The number of para-hydroxylation sites is 2. The van der Waals surface area contributed by atoms with Gasteiger partial charge in [-0.3, -0.25) is 4.72 Å². The summed E-state index contributed by atoms with van der Waals surface area (Å²) in [5.41, 5.74) is 6.49. The van der Waals surface area contributed by atoms with Crippen molar-refractivity contribution in [2.24, 2.45) is 0 Å². The molecule has 12 nitrogen and oxygen atoms in total. The fraction of sp³-hybridized carbons (Fsp3) is 0.103. The van der Waals surface area contributed by atoms with Gasteiger partial charge >= 0.3 is 0 Å². The molecule has 6 rings (SSSR count). The third-order valence-electron chi connectivity index (χ3n) is 5.82. The summed E-state index contributed by atoms with van der Waals surface area (Å²) >= 11 is 11.6. The Bertz CT molecular complexity index is 2170. The van der Waals surface area contributed by atoms with Crippen molar-refractivity contribution in [3.05, 3.63) is 95.0 Å². The second-order valence-corrected chi connectivity index (χ2v) is 13.8. The number of hydrogen-bond donors (Lipinski definition) is 2. The molecule has 2 aromatic heterocycles. The summed E-state index contributed by atoms with van der Waals surface area (Å²) in [6, 6.07) is 22.5. The molecule has 0 aliphatic rings. The Hall–Kier alpha value is -4.21. The van der Waals surface area contributed by atoms with E-state index in [4.69, 9.17) is 58.1 Å². The van der Waals surface area contributed by atoms with Gasteiger partial charge in [0.1, 0.15) is 21.3 Å². The number of ether oxygens (including phenoxy) is 2. The first-order valence-corrected chi connectivity index (χ1v) is 17.0. The Morgan fingerprint density at radius 3 is 1.74 bits per heavy atom. The number of halogens is 3. The van der Waals surface area contributed by atoms with Crippen molar-refractivity contribution in [3.63, 3.8) is 0 Å². The number of hydrogen-bond acceptors (Lipinski definition) is 11. The maximum absolute atomic E-state index is 12.5. The molecule has 0 aliphatic carbocycles. The predicted molar refractivity (Wildman–Crippen MR) is 179 cm³/mol. The molecule has 46 heavy (non-hydrogen) atoms. The van der Waals surface area contributed by atoms with E-state index in [1.807, 2.05) is 0 Å². The van der Waals surface area contributed by atoms with Gasteiger partial charge in [0.25, 0.3) is 19.1 Å². The summed E-state index contributed by atoms with van der Waals surface area (Å²) in [6.07, 6.45) is 0. The SMILES string of the molecule is C.COc1ccccc1S(=O)(=O)Cl.COc1ccccc1S(=O)(=O)Nc1noc2cc(Cl)ccc12.Nc1noc2cc(Cl)ccc12. The highest BCUT2D eigenvalue weighted by Crippen LogP contribution is 2.30. The summed E-state index contributed by atoms with van der Waals surface area (Å²) in [7, 11) is 0.373. The van der Waals surface area contributed by atoms with Crippen LogP contribution in [0, 0.1) is 0 Å². The van der Waals surface area contributed by atoms with Crippen LogP contribution in [0.2, 0.25) is 10.0 Å². The minimum Gasteiger partial charge on any atom is -0.495 e. The molecule has 3 N–H and O–H groups in total. The van der Waals surface area contributed by atoms with Crippen molar-refractivity contribution in [2.75, 3.05) is 24.7 Å². The van der Waals surface area contributed by atoms with Gasteiger partial charge in [-0.25, -0.2) is 16.8 Å². The molecule has 0 amide bonds. The first kappa shape index (κ1) is 36.3. The molecule has 0 fully saturated rings. The molecule has 0 saturated carbocycles. The van der Waals surface area contributed by atoms with Crippen LogP contribution in [-0.2, 0) is 19.1 Å². The standard InChI is InChI=1S/C14H11ClN2O4S.C7H5ClN2O.C7H7ClO3S.CH4/c1-20-11-4-2-3-5-13(11)22(18,19)17-14-10-7-6-9(15)8-12(10)21-16-14;8-4-1-2-5-6(3-4)11-10-7(5)9;1-11-6-4-2-3-5-7(6)12(8,9)10;/h2-8H,1H3,(H,16,17);1-3H,(H2,9,10);2-5H,1H3;1H4. The summed E-state index contributed by atoms with van der Waals surface area (Å²) in [5.74, 6) is 0.993. The Kier molecular flexibility index (Phi) is 12.1. The van der Waals surface area contributed by atoms with Crippen molar-refractivity contribution in [3.8, 4) is 11.5 Å². The Labute approximate surface area is 279 Å². The minimum absolute atomic E-state index is 0. The normalized spacial score (nSPS) is 11.0. The topological polar surface area (TPSA) is 177 Å². The van der Waals surface area contributed by atoms with Crippen molar-refractivity contribution in [1.29, 1.82) is 0 Å². The first-order valence-electron chi connectivity index (χ1n) is 12.4. The molecular formula is C29H27Cl3N4O8S2. The Balaban J connectivity index is 0.000000203. The molecule has 17 heteroatoms. The summed E-state index contributed by atoms with van der Waals surface area (Å²) in [4.78, 5) is 0.0109. The third kappa shape index (κ3) is 8.73. The van der Waals surface area contributed by atoms with E-state index in [1.54, 1.807) is 66.7 Å². The number of methoxy groups -OCH3 is 2. The number of sulfonamides is 1. The van der Waals surface area contributed by atoms with Gasteiger partial charge in [-0.05, 0) is 48.5 Å². The molecule has 4 aromatic carbocycles. The maximum Gasteiger partial charge on any atom is 0.266 e. The molecule has 0 atom stereocenters. The van der Waals surface area contributed by atoms with Crippen LogP contribution in [0.4, 0.5) is 11.6 Å². The Morgan fingerprint density at radius 1 is 0.717 bits per heavy atom. The van der Waals surface area contributed by atoms with Crippen LogP contribution in [0.5, 0.6) is 11.5 Å². The van der Waals surface area contributed by atoms with Crippen molar-refractivity contribution < 1.29 is 35.4 Å². The Morgan fingerprint density at radius 2 is 1.20 bits per heavy atom. The molecule has 0 unspecified atom stereocenters. The van der Waals surface area contributed by atoms with Crippen LogP contribution in [0.1, 0.15) is 7.43 Å². The molecule has 0 aliphatic heterocycles. The lowest BCUT2D eigenvalue weighted by atomic mass is 10.2. The number of rotatable bonds is 6. The largest absolute Gasteiger partial charge is 0.495 e. The van der Waals surface area contributed by atoms with Gasteiger partial charge in [-0.2, -0.15) is 0 Å². The molecular weight excluding hydrogens is 703 g/mol. The van der Waals surface area contributed by atoms with Crippen molar-refractivity contribution in [2.45, 2.75) is 17.2 Å². The molecule has 0 radical (unpaired) electrons. The van der Waals surface area contributed by atoms with Gasteiger partial charge in [0.05, 0.1) is 25.0 Å². The zero-order chi connectivity index (χ0) is 32.8. The highest BCUT2D eigenvalue weighted by Gasteiger charge is 2.22. The first-order chi connectivity index (χ1) is 21.3. The molecule has 2 heterocycles. The van der Waals surface area contributed by atoms with Crippen molar-refractivity contribution in [1.82, 2.24) is 10.3 Å². The molecule has 0 saturated heterocycles. The molecule has 0 spiro atoms. The summed E-state index contributed by atoms with van der Waals surface area (Å²) in [6.45, 7) is 0. The second-order valence-electron chi connectivity index (χ2n) is 8.73. The quantitative estimate of drug-likeness (QED) is 0.161. The number of aromatic nitrogens is 2. The number of anilines is 2. The molecule has 244 valence electrons. The van der Waals surface area contributed by atoms with Gasteiger partial charge in [0.2, 0.25) is 0 Å². The van der Waals surface area contributed by atoms with E-state index in [-0.39, 0.29) is 34.5 Å². The third-order valence-corrected chi connectivity index (χ3v) is 9.03. The minimum atomic E-state index is -3.86. The van der Waals surface area contributed by atoms with Gasteiger partial charge in [-0.15, -0.1) is 0 Å². The number of fused-ring (bicyclic) bond motifs is 2. The second kappa shape index (κ2) is 15.4. The summed E-state index contributed by atoms with van der Waals surface area (Å²) in [5, 5.41) is 9.73. The van der Waals surface area contributed by atoms with E-state index in [9.17, 15) is 16.8 Å². The van der Waals surface area contributed by atoms with Crippen LogP contribution >= 0.6 is 33.9 Å². The smallest absolute Gasteiger partial charge is 0.266 e. The van der Waals surface area contributed by atoms with Crippen LogP contribution in [-0.4, -0.2) is 41.4 Å². The monoisotopic (exact) mass is 728 g/mol. The van der Waals surface area contributed by atoms with Crippen molar-refractivity contribution >= 4 is 86.5 Å². The van der Waals surface area contributed by atoms with Crippen LogP contribution < -0.4 is 19.9 Å². The average Bonchev–Trinajstić information content (AvgIpc) is 3.58. The van der Waals surface area contributed by atoms with E-state index in [1.165, 1.54) is 32.4 Å². The lowest BCUT2D eigenvalue weighted by Crippen LogP contribution is -2.14. The van der Waals surface area contributed by atoms with Gasteiger partial charge in [0.15, 0.2) is 22.8 Å². The van der Waals surface area contributed by atoms with Gasteiger partial charge in [-0.1, -0.05) is 65.2 Å². The number of benzene rings is 4. The average molecular weight is 730 g/mol. The highest BCUT2D eigenvalue weighted by molar-refractivity contribution is 8.13. The zero-order valence-corrected chi connectivity index (χ0v) is 27.2. The maximum atomic E-state index is 12.5. The number of nitrogen functional groups attached to an aromatic ring is 1. The van der Waals surface area contributed by atoms with Gasteiger partial charge < -0.3 is 24.3 Å². The van der Waals surface area contributed by atoms with Crippen LogP contribution in [0.15, 0.2) is 104 Å².